The van der Waals surface area contributed by atoms with Crippen LogP contribution in [-0.4, -0.2) is 21.2 Å². The molecule has 0 aliphatic carbocycles. The van der Waals surface area contributed by atoms with Crippen LogP contribution in [-0.2, 0) is 0 Å². The molecule has 0 saturated carbocycles. The predicted molar refractivity (Wildman–Crippen MR) is 56.1 cm³/mol. The van der Waals surface area contributed by atoms with E-state index in [1.165, 1.54) is 12.3 Å². The van der Waals surface area contributed by atoms with Crippen LogP contribution in [0.3, 0.4) is 0 Å². The fourth-order valence-corrected chi connectivity index (χ4v) is 1.21. The fourth-order valence-electron chi connectivity index (χ4n) is 1.21. The topological polar surface area (TPSA) is 72.3 Å². The van der Waals surface area contributed by atoms with Gasteiger partial charge in [-0.05, 0) is 24.3 Å². The predicted octanol–water partition coefficient (Wildman–Crippen LogP) is 2.20. The summed E-state index contributed by atoms with van der Waals surface area (Å²) in [6.45, 7) is 0. The minimum atomic E-state index is -1.35. The molecule has 0 unspecified atom stereocenters. The van der Waals surface area contributed by atoms with Crippen molar-refractivity contribution in [3.8, 4) is 17.1 Å². The number of aromatic nitrogens is 2. The van der Waals surface area contributed by atoms with Gasteiger partial charge in [0.15, 0.2) is 5.75 Å². The standard InChI is InChI=1S/C11H8N2O3/c14-11(15)16-8-4-5-10(13-7-8)9-3-1-2-6-12-9/h1-7H,(H,14,15). The monoisotopic (exact) mass is 216 g/mol. The average Bonchev–Trinajstić information content (AvgIpc) is 2.30. The quantitative estimate of drug-likeness (QED) is 0.779. The maximum atomic E-state index is 10.3. The Morgan fingerprint density at radius 1 is 1.12 bits per heavy atom. The van der Waals surface area contributed by atoms with Crippen molar-refractivity contribution in [3.63, 3.8) is 0 Å². The lowest BCUT2D eigenvalue weighted by Crippen LogP contribution is -2.03. The molecule has 2 heterocycles. The average molecular weight is 216 g/mol. The summed E-state index contributed by atoms with van der Waals surface area (Å²) >= 11 is 0. The molecule has 0 fully saturated rings. The normalized spacial score (nSPS) is 9.75. The molecule has 0 bridgehead atoms. The minimum Gasteiger partial charge on any atom is -0.449 e. The summed E-state index contributed by atoms with van der Waals surface area (Å²) in [7, 11) is 0. The lowest BCUT2D eigenvalue weighted by Gasteiger charge is -2.01. The zero-order chi connectivity index (χ0) is 11.4. The van der Waals surface area contributed by atoms with Crippen LogP contribution >= 0.6 is 0 Å². The van der Waals surface area contributed by atoms with Crippen LogP contribution in [0.2, 0.25) is 0 Å². The van der Waals surface area contributed by atoms with Gasteiger partial charge in [0.25, 0.3) is 0 Å². The van der Waals surface area contributed by atoms with Crippen molar-refractivity contribution in [2.75, 3.05) is 0 Å². The highest BCUT2D eigenvalue weighted by molar-refractivity contribution is 5.61. The molecule has 2 aromatic heterocycles. The van der Waals surface area contributed by atoms with Crippen LogP contribution in [0, 0.1) is 0 Å². The molecule has 0 spiro atoms. The van der Waals surface area contributed by atoms with Gasteiger partial charge in [0.1, 0.15) is 0 Å². The molecule has 0 radical (unpaired) electrons. The van der Waals surface area contributed by atoms with Crippen molar-refractivity contribution >= 4 is 6.16 Å². The van der Waals surface area contributed by atoms with Gasteiger partial charge in [0, 0.05) is 6.20 Å². The molecule has 5 nitrogen and oxygen atoms in total. The first kappa shape index (κ1) is 10.1. The van der Waals surface area contributed by atoms with E-state index in [0.717, 1.165) is 5.69 Å². The SMILES string of the molecule is O=C(O)Oc1ccc(-c2ccccn2)nc1. The highest BCUT2D eigenvalue weighted by atomic mass is 16.7. The van der Waals surface area contributed by atoms with Crippen LogP contribution in [0.5, 0.6) is 5.75 Å². The van der Waals surface area contributed by atoms with Gasteiger partial charge in [-0.3, -0.25) is 9.97 Å². The van der Waals surface area contributed by atoms with Crippen LogP contribution in [0.25, 0.3) is 11.4 Å². The maximum Gasteiger partial charge on any atom is 0.511 e. The Bertz CT molecular complexity index is 482. The van der Waals surface area contributed by atoms with E-state index in [9.17, 15) is 4.79 Å². The molecule has 1 N–H and O–H groups in total. The summed E-state index contributed by atoms with van der Waals surface area (Å²) in [6, 6.07) is 8.67. The van der Waals surface area contributed by atoms with Crippen molar-refractivity contribution in [2.24, 2.45) is 0 Å². The Hall–Kier alpha value is -2.43. The third kappa shape index (κ3) is 2.33. The molecular formula is C11H8N2O3. The first-order chi connectivity index (χ1) is 7.75. The molecule has 0 aromatic carbocycles. The first-order valence-electron chi connectivity index (χ1n) is 4.54. The third-order valence-corrected chi connectivity index (χ3v) is 1.87. The summed E-state index contributed by atoms with van der Waals surface area (Å²) < 4.78 is 4.44. The van der Waals surface area contributed by atoms with Crippen molar-refractivity contribution in [1.29, 1.82) is 0 Å². The van der Waals surface area contributed by atoms with E-state index in [0.29, 0.717) is 5.69 Å². The van der Waals surface area contributed by atoms with Crippen molar-refractivity contribution in [2.45, 2.75) is 0 Å². The number of pyridine rings is 2. The van der Waals surface area contributed by atoms with E-state index in [1.54, 1.807) is 12.3 Å². The molecule has 2 rings (SSSR count). The molecule has 0 amide bonds. The second kappa shape index (κ2) is 4.39. The van der Waals surface area contributed by atoms with Crippen molar-refractivity contribution < 1.29 is 14.6 Å². The Morgan fingerprint density at radius 2 is 1.94 bits per heavy atom. The lowest BCUT2D eigenvalue weighted by atomic mass is 10.2. The van der Waals surface area contributed by atoms with E-state index in [-0.39, 0.29) is 5.75 Å². The van der Waals surface area contributed by atoms with Gasteiger partial charge < -0.3 is 9.84 Å². The Labute approximate surface area is 91.4 Å². The fraction of sp³-hybridized carbons (Fsp3) is 0. The Morgan fingerprint density at radius 3 is 2.50 bits per heavy atom. The van der Waals surface area contributed by atoms with Gasteiger partial charge in [0.2, 0.25) is 0 Å². The van der Waals surface area contributed by atoms with E-state index in [2.05, 4.69) is 14.7 Å². The van der Waals surface area contributed by atoms with Crippen LogP contribution < -0.4 is 4.74 Å². The van der Waals surface area contributed by atoms with Gasteiger partial charge in [-0.25, -0.2) is 4.79 Å². The molecule has 16 heavy (non-hydrogen) atoms. The second-order valence-corrected chi connectivity index (χ2v) is 2.96. The number of carboxylic acid groups (broad SMARTS) is 1. The van der Waals surface area contributed by atoms with Crippen LogP contribution in [0.4, 0.5) is 4.79 Å². The van der Waals surface area contributed by atoms with E-state index < -0.39 is 6.16 Å². The molecule has 2 aromatic rings. The summed E-state index contributed by atoms with van der Waals surface area (Å²) in [5, 5.41) is 8.39. The molecule has 0 aliphatic heterocycles. The van der Waals surface area contributed by atoms with Gasteiger partial charge in [-0.2, -0.15) is 0 Å². The smallest absolute Gasteiger partial charge is 0.449 e. The Balaban J connectivity index is 2.23. The maximum absolute atomic E-state index is 10.3. The number of rotatable bonds is 2. The second-order valence-electron chi connectivity index (χ2n) is 2.96. The summed E-state index contributed by atoms with van der Waals surface area (Å²) in [6.07, 6.45) is 1.66. The molecular weight excluding hydrogens is 208 g/mol. The lowest BCUT2D eigenvalue weighted by molar-refractivity contribution is 0.144. The first-order valence-corrected chi connectivity index (χ1v) is 4.54. The van der Waals surface area contributed by atoms with E-state index in [4.69, 9.17) is 5.11 Å². The molecule has 80 valence electrons. The van der Waals surface area contributed by atoms with Crippen molar-refractivity contribution in [1.82, 2.24) is 9.97 Å². The molecule has 0 aliphatic rings. The highest BCUT2D eigenvalue weighted by Crippen LogP contribution is 2.16. The van der Waals surface area contributed by atoms with E-state index in [1.807, 2.05) is 18.2 Å². The van der Waals surface area contributed by atoms with Crippen LogP contribution in [0.15, 0.2) is 42.7 Å². The van der Waals surface area contributed by atoms with Gasteiger partial charge >= 0.3 is 6.16 Å². The molecule has 5 heteroatoms. The third-order valence-electron chi connectivity index (χ3n) is 1.87. The Kier molecular flexibility index (Phi) is 2.77. The number of ether oxygens (including phenoxy) is 1. The van der Waals surface area contributed by atoms with Gasteiger partial charge in [-0.15, -0.1) is 0 Å². The zero-order valence-corrected chi connectivity index (χ0v) is 8.20. The largest absolute Gasteiger partial charge is 0.511 e. The zero-order valence-electron chi connectivity index (χ0n) is 8.20. The van der Waals surface area contributed by atoms with Gasteiger partial charge in [0.05, 0.1) is 17.6 Å². The highest BCUT2D eigenvalue weighted by Gasteiger charge is 2.03. The molecule has 0 saturated heterocycles. The minimum absolute atomic E-state index is 0.187. The number of nitrogens with zero attached hydrogens (tertiary/aromatic N) is 2. The number of hydrogen-bond donors (Lipinski definition) is 1. The van der Waals surface area contributed by atoms with Crippen LogP contribution in [0.1, 0.15) is 0 Å². The summed E-state index contributed by atoms with van der Waals surface area (Å²) in [4.78, 5) is 18.4. The van der Waals surface area contributed by atoms with E-state index >= 15 is 0 Å². The summed E-state index contributed by atoms with van der Waals surface area (Å²) in [5.41, 5.74) is 1.39. The van der Waals surface area contributed by atoms with Crippen molar-refractivity contribution in [3.05, 3.63) is 42.7 Å². The molecule has 0 atom stereocenters. The summed E-state index contributed by atoms with van der Waals surface area (Å²) in [5.74, 6) is 0.187. The van der Waals surface area contributed by atoms with Gasteiger partial charge in [-0.1, -0.05) is 6.07 Å². The number of carbonyl (C=O) groups is 1. The number of hydrogen-bond acceptors (Lipinski definition) is 4.